The number of carbonyl (C=O) groups is 2. The number of anilines is 2. The number of rotatable bonds is 4. The van der Waals surface area contributed by atoms with Crippen LogP contribution in [0.25, 0.3) is 0 Å². The molecule has 1 saturated heterocycles. The van der Waals surface area contributed by atoms with E-state index in [9.17, 15) is 9.59 Å². The van der Waals surface area contributed by atoms with E-state index in [-0.39, 0.29) is 5.91 Å². The minimum absolute atomic E-state index is 0.0760. The Morgan fingerprint density at radius 3 is 2.73 bits per heavy atom. The molecule has 1 atom stereocenters. The van der Waals surface area contributed by atoms with Gasteiger partial charge in [0.1, 0.15) is 5.60 Å². The van der Waals surface area contributed by atoms with Crippen molar-refractivity contribution in [3.63, 3.8) is 0 Å². The zero-order valence-electron chi connectivity index (χ0n) is 16.4. The molecule has 1 aliphatic heterocycles. The van der Waals surface area contributed by atoms with Gasteiger partial charge in [0.15, 0.2) is 0 Å². The molecule has 2 N–H and O–H groups in total. The summed E-state index contributed by atoms with van der Waals surface area (Å²) in [4.78, 5) is 30.7. The first-order valence-corrected chi connectivity index (χ1v) is 9.11. The fourth-order valence-corrected chi connectivity index (χ4v) is 2.98. The van der Waals surface area contributed by atoms with Gasteiger partial charge in [0.2, 0.25) is 5.91 Å². The Hall–Kier alpha value is -2.15. The number of nitrogens with zero attached hydrogens (tertiary/aromatic N) is 2. The quantitative estimate of drug-likeness (QED) is 0.857. The highest BCUT2D eigenvalue weighted by atomic mass is 16.6. The zero-order valence-corrected chi connectivity index (χ0v) is 16.4. The second-order valence-corrected chi connectivity index (χ2v) is 8.01. The normalized spacial score (nSPS) is 18.3. The van der Waals surface area contributed by atoms with Crippen molar-refractivity contribution in [3.05, 3.63) is 18.0 Å². The number of aromatic nitrogens is 1. The molecule has 7 heteroatoms. The van der Waals surface area contributed by atoms with Crippen LogP contribution in [0.2, 0.25) is 0 Å². The number of nitrogens with one attached hydrogen (secondary N) is 2. The average Bonchev–Trinajstić information content (AvgIpc) is 2.48. The van der Waals surface area contributed by atoms with Gasteiger partial charge in [-0.15, -0.1) is 0 Å². The largest absolute Gasteiger partial charge is 0.444 e. The molecule has 0 radical (unpaired) electrons. The van der Waals surface area contributed by atoms with Crippen LogP contribution in [-0.2, 0) is 9.53 Å². The molecule has 1 fully saturated rings. The maximum atomic E-state index is 12.3. The number of pyridine rings is 1. The topological polar surface area (TPSA) is 83.6 Å². The number of likely N-dealkylation sites (tertiary alicyclic amines) is 1. The lowest BCUT2D eigenvalue weighted by molar-refractivity contribution is -0.117. The molecular formula is C19H30N4O3. The molecule has 1 aliphatic rings. The number of hydrogen-bond acceptors (Lipinski definition) is 5. The van der Waals surface area contributed by atoms with Gasteiger partial charge in [-0.3, -0.25) is 20.0 Å². The van der Waals surface area contributed by atoms with E-state index in [0.29, 0.717) is 29.5 Å². The summed E-state index contributed by atoms with van der Waals surface area (Å²) in [5.41, 5.74) is 1.14. The fourth-order valence-electron chi connectivity index (χ4n) is 2.98. The Morgan fingerprint density at radius 2 is 2.08 bits per heavy atom. The summed E-state index contributed by atoms with van der Waals surface area (Å²) < 4.78 is 5.26. The highest BCUT2D eigenvalue weighted by Gasteiger charge is 2.19. The van der Waals surface area contributed by atoms with Gasteiger partial charge in [-0.05, 0) is 59.1 Å². The van der Waals surface area contributed by atoms with Gasteiger partial charge < -0.3 is 10.1 Å². The first-order chi connectivity index (χ1) is 12.1. The fraction of sp³-hybridized carbons (Fsp3) is 0.632. The Kier molecular flexibility index (Phi) is 6.58. The summed E-state index contributed by atoms with van der Waals surface area (Å²) in [5.74, 6) is 0.551. The van der Waals surface area contributed by atoms with Gasteiger partial charge in [-0.2, -0.15) is 0 Å². The molecular weight excluding hydrogens is 332 g/mol. The van der Waals surface area contributed by atoms with E-state index in [4.69, 9.17) is 4.74 Å². The summed E-state index contributed by atoms with van der Waals surface area (Å²) in [5, 5.41) is 5.54. The molecule has 2 heterocycles. The van der Waals surface area contributed by atoms with E-state index < -0.39 is 11.7 Å². The predicted molar refractivity (Wildman–Crippen MR) is 102 cm³/mol. The molecule has 2 rings (SSSR count). The number of carbonyl (C=O) groups excluding carboxylic acids is 2. The van der Waals surface area contributed by atoms with Crippen molar-refractivity contribution in [2.45, 2.75) is 53.1 Å². The van der Waals surface area contributed by atoms with Gasteiger partial charge in [-0.1, -0.05) is 6.92 Å². The standard InChI is InChI=1S/C19H30N4O3/c1-13-7-6-8-23(11-13)12-17(24)21-15-9-16(14(2)20-10-15)22-18(25)26-19(3,4)5/h9-10,13H,6-8,11-12H2,1-5H3,(H,21,24)(H,22,25)/t13-/m0/s1. The number of amides is 2. The maximum Gasteiger partial charge on any atom is 0.412 e. The lowest BCUT2D eigenvalue weighted by Crippen LogP contribution is -2.39. The zero-order chi connectivity index (χ0) is 19.3. The molecule has 1 aromatic heterocycles. The predicted octanol–water partition coefficient (Wildman–Crippen LogP) is 3.41. The van der Waals surface area contributed by atoms with Crippen LogP contribution in [0.4, 0.5) is 16.2 Å². The Balaban J connectivity index is 1.95. The lowest BCUT2D eigenvalue weighted by atomic mass is 10.0. The minimum Gasteiger partial charge on any atom is -0.444 e. The van der Waals surface area contributed by atoms with Crippen LogP contribution in [0.15, 0.2) is 12.3 Å². The maximum absolute atomic E-state index is 12.3. The first kappa shape index (κ1) is 20.2. The highest BCUT2D eigenvalue weighted by molar-refractivity contribution is 5.93. The lowest BCUT2D eigenvalue weighted by Gasteiger charge is -2.30. The van der Waals surface area contributed by atoms with E-state index in [1.54, 1.807) is 40.0 Å². The Morgan fingerprint density at radius 1 is 1.35 bits per heavy atom. The van der Waals surface area contributed by atoms with E-state index in [1.807, 2.05) is 0 Å². The minimum atomic E-state index is -0.581. The van der Waals surface area contributed by atoms with Crippen molar-refractivity contribution >= 4 is 23.4 Å². The monoisotopic (exact) mass is 362 g/mol. The van der Waals surface area contributed by atoms with Crippen molar-refractivity contribution in [1.82, 2.24) is 9.88 Å². The van der Waals surface area contributed by atoms with E-state index in [1.165, 1.54) is 6.42 Å². The summed E-state index contributed by atoms with van der Waals surface area (Å²) in [6, 6.07) is 1.70. The van der Waals surface area contributed by atoms with Crippen molar-refractivity contribution in [1.29, 1.82) is 0 Å². The highest BCUT2D eigenvalue weighted by Crippen LogP contribution is 2.20. The van der Waals surface area contributed by atoms with Crippen LogP contribution in [0, 0.1) is 12.8 Å². The van der Waals surface area contributed by atoms with Crippen molar-refractivity contribution in [2.75, 3.05) is 30.3 Å². The van der Waals surface area contributed by atoms with Gasteiger partial charge in [0.25, 0.3) is 0 Å². The van der Waals surface area contributed by atoms with E-state index in [0.717, 1.165) is 19.5 Å². The molecule has 0 saturated carbocycles. The van der Waals surface area contributed by atoms with Crippen molar-refractivity contribution < 1.29 is 14.3 Å². The Labute approximate surface area is 155 Å². The van der Waals surface area contributed by atoms with Crippen molar-refractivity contribution in [2.24, 2.45) is 5.92 Å². The molecule has 2 amide bonds. The van der Waals surface area contributed by atoms with E-state index in [2.05, 4.69) is 27.4 Å². The second kappa shape index (κ2) is 8.49. The van der Waals surface area contributed by atoms with Crippen LogP contribution < -0.4 is 10.6 Å². The SMILES string of the molecule is Cc1ncc(NC(=O)CN2CCC[C@H](C)C2)cc1NC(=O)OC(C)(C)C. The second-order valence-electron chi connectivity index (χ2n) is 8.01. The van der Waals surface area contributed by atoms with Crippen LogP contribution in [0.3, 0.4) is 0 Å². The van der Waals surface area contributed by atoms with Gasteiger partial charge in [0, 0.05) is 6.54 Å². The summed E-state index contributed by atoms with van der Waals surface area (Å²) >= 11 is 0. The molecule has 26 heavy (non-hydrogen) atoms. The molecule has 0 bridgehead atoms. The number of piperidine rings is 1. The average molecular weight is 362 g/mol. The Bertz CT molecular complexity index is 655. The molecule has 7 nitrogen and oxygen atoms in total. The summed E-state index contributed by atoms with van der Waals surface area (Å²) in [6.07, 6.45) is 3.39. The van der Waals surface area contributed by atoms with Crippen molar-refractivity contribution in [3.8, 4) is 0 Å². The van der Waals surface area contributed by atoms with Crippen LogP contribution in [-0.4, -0.2) is 47.1 Å². The number of aryl methyl sites for hydroxylation is 1. The van der Waals surface area contributed by atoms with Gasteiger partial charge in [-0.25, -0.2) is 4.79 Å². The third-order valence-corrected chi connectivity index (χ3v) is 4.11. The number of ether oxygens (including phenoxy) is 1. The van der Waals surface area contributed by atoms with Gasteiger partial charge in [0.05, 0.1) is 29.8 Å². The van der Waals surface area contributed by atoms with E-state index >= 15 is 0 Å². The molecule has 0 unspecified atom stereocenters. The third-order valence-electron chi connectivity index (χ3n) is 4.11. The van der Waals surface area contributed by atoms with Crippen LogP contribution >= 0.6 is 0 Å². The first-order valence-electron chi connectivity index (χ1n) is 9.11. The third kappa shape index (κ3) is 6.63. The molecule has 0 aromatic carbocycles. The molecule has 144 valence electrons. The summed E-state index contributed by atoms with van der Waals surface area (Å²) in [7, 11) is 0. The summed E-state index contributed by atoms with van der Waals surface area (Å²) in [6.45, 7) is 11.7. The van der Waals surface area contributed by atoms with Crippen LogP contribution in [0.5, 0.6) is 0 Å². The smallest absolute Gasteiger partial charge is 0.412 e. The number of hydrogen-bond donors (Lipinski definition) is 2. The molecule has 1 aromatic rings. The van der Waals surface area contributed by atoms with Crippen LogP contribution in [0.1, 0.15) is 46.2 Å². The molecule has 0 spiro atoms. The van der Waals surface area contributed by atoms with Gasteiger partial charge >= 0.3 is 6.09 Å². The molecule has 0 aliphatic carbocycles.